The van der Waals surface area contributed by atoms with Crippen LogP contribution in [0, 0.1) is 6.92 Å². The Labute approximate surface area is 145 Å². The Balaban J connectivity index is 1.55. The lowest BCUT2D eigenvalue weighted by molar-refractivity contribution is 0.289. The van der Waals surface area contributed by atoms with Crippen LogP contribution in [-0.4, -0.2) is 20.7 Å². The first kappa shape index (κ1) is 17.2. The van der Waals surface area contributed by atoms with Gasteiger partial charge < -0.3 is 5.32 Å². The molecule has 0 unspecified atom stereocenters. The average molecular weight is 343 g/mol. The number of rotatable bonds is 6. The normalized spacial score (nSPS) is 20.6. The van der Waals surface area contributed by atoms with Gasteiger partial charge in [-0.3, -0.25) is 0 Å². The van der Waals surface area contributed by atoms with Crippen molar-refractivity contribution in [3.63, 3.8) is 0 Å². The summed E-state index contributed by atoms with van der Waals surface area (Å²) in [5.41, 5.74) is 4.74. The fourth-order valence-corrected chi connectivity index (χ4v) is 4.23. The summed E-state index contributed by atoms with van der Waals surface area (Å²) in [6, 6.07) is 17.1. The minimum absolute atomic E-state index is 0.113. The number of benzene rings is 2. The highest BCUT2D eigenvalue weighted by Crippen LogP contribution is 2.37. The van der Waals surface area contributed by atoms with Crippen molar-refractivity contribution in [2.24, 2.45) is 0 Å². The molecule has 0 amide bonds. The summed E-state index contributed by atoms with van der Waals surface area (Å²) < 4.78 is 23.1. The van der Waals surface area contributed by atoms with E-state index in [9.17, 15) is 8.42 Å². The Morgan fingerprint density at radius 1 is 1.04 bits per heavy atom. The van der Waals surface area contributed by atoms with E-state index in [0.29, 0.717) is 12.0 Å². The van der Waals surface area contributed by atoms with Crippen molar-refractivity contribution in [2.45, 2.75) is 44.0 Å². The number of nitrogens with one attached hydrogen (secondary N) is 1. The fourth-order valence-electron chi connectivity index (χ4n) is 3.39. The van der Waals surface area contributed by atoms with Crippen LogP contribution in [0.1, 0.15) is 41.0 Å². The van der Waals surface area contributed by atoms with Crippen LogP contribution in [-0.2, 0) is 22.1 Å². The molecule has 0 radical (unpaired) electrons. The molecule has 128 valence electrons. The minimum Gasteiger partial charge on any atom is -0.310 e. The third kappa shape index (κ3) is 4.46. The van der Waals surface area contributed by atoms with Crippen molar-refractivity contribution in [3.8, 4) is 0 Å². The fraction of sp³-hybridized carbons (Fsp3) is 0.400. The predicted molar refractivity (Wildman–Crippen MR) is 98.8 cm³/mol. The number of hydrogen-bond donors (Lipinski definition) is 1. The van der Waals surface area contributed by atoms with E-state index in [2.05, 4.69) is 36.5 Å². The summed E-state index contributed by atoms with van der Waals surface area (Å²) >= 11 is 0. The molecule has 24 heavy (non-hydrogen) atoms. The third-order valence-electron chi connectivity index (χ3n) is 4.77. The maximum absolute atomic E-state index is 11.6. The maximum atomic E-state index is 11.6. The second-order valence-corrected chi connectivity index (χ2v) is 9.14. The topological polar surface area (TPSA) is 46.2 Å². The first-order chi connectivity index (χ1) is 11.4. The molecule has 0 spiro atoms. The molecule has 1 fully saturated rings. The van der Waals surface area contributed by atoms with Gasteiger partial charge in [0, 0.05) is 18.8 Å². The quantitative estimate of drug-likeness (QED) is 0.872. The van der Waals surface area contributed by atoms with Gasteiger partial charge in [-0.05, 0) is 42.4 Å². The Kier molecular flexibility index (Phi) is 5.07. The molecule has 0 aromatic heterocycles. The highest BCUT2D eigenvalue weighted by molar-refractivity contribution is 7.89. The highest BCUT2D eigenvalue weighted by Gasteiger charge is 2.29. The zero-order valence-electron chi connectivity index (χ0n) is 14.3. The molecule has 2 aromatic carbocycles. The van der Waals surface area contributed by atoms with Gasteiger partial charge in [0.2, 0.25) is 0 Å². The smallest absolute Gasteiger partial charge is 0.151 e. The Bertz CT molecular complexity index is 808. The van der Waals surface area contributed by atoms with Gasteiger partial charge in [0.1, 0.15) is 0 Å². The SMILES string of the molecule is Cc1cccc(C2CC(NCc3ccccc3CS(C)(=O)=O)C2)c1. The molecule has 2 aromatic rings. The van der Waals surface area contributed by atoms with E-state index in [1.165, 1.54) is 17.4 Å². The largest absolute Gasteiger partial charge is 0.310 e. The van der Waals surface area contributed by atoms with Crippen LogP contribution in [0.2, 0.25) is 0 Å². The molecule has 3 rings (SSSR count). The van der Waals surface area contributed by atoms with Gasteiger partial charge in [-0.1, -0.05) is 54.1 Å². The first-order valence-electron chi connectivity index (χ1n) is 8.45. The Morgan fingerprint density at radius 3 is 2.42 bits per heavy atom. The molecule has 0 saturated heterocycles. The van der Waals surface area contributed by atoms with Crippen LogP contribution in [0.5, 0.6) is 0 Å². The molecule has 1 N–H and O–H groups in total. The van der Waals surface area contributed by atoms with Gasteiger partial charge in [-0.15, -0.1) is 0 Å². The monoisotopic (exact) mass is 343 g/mol. The molecule has 1 aliphatic rings. The van der Waals surface area contributed by atoms with E-state index >= 15 is 0 Å². The van der Waals surface area contributed by atoms with Crippen LogP contribution in [0.15, 0.2) is 48.5 Å². The highest BCUT2D eigenvalue weighted by atomic mass is 32.2. The standard InChI is InChI=1S/C20H25NO2S/c1-15-6-5-9-16(10-15)19-11-20(12-19)21-13-17-7-3-4-8-18(17)14-24(2,22)23/h3-10,19-21H,11-14H2,1-2H3. The Morgan fingerprint density at radius 2 is 1.75 bits per heavy atom. The molecule has 0 heterocycles. The third-order valence-corrected chi connectivity index (χ3v) is 5.60. The number of hydrogen-bond acceptors (Lipinski definition) is 3. The van der Waals surface area contributed by atoms with Crippen LogP contribution >= 0.6 is 0 Å². The lowest BCUT2D eigenvalue weighted by Gasteiger charge is -2.36. The van der Waals surface area contributed by atoms with Crippen molar-refractivity contribution in [1.82, 2.24) is 5.32 Å². The van der Waals surface area contributed by atoms with E-state index in [1.807, 2.05) is 24.3 Å². The van der Waals surface area contributed by atoms with Crippen molar-refractivity contribution in [2.75, 3.05) is 6.26 Å². The van der Waals surface area contributed by atoms with Gasteiger partial charge in [0.25, 0.3) is 0 Å². The molecule has 1 aliphatic carbocycles. The summed E-state index contributed by atoms with van der Waals surface area (Å²) in [5, 5.41) is 3.58. The van der Waals surface area contributed by atoms with E-state index in [4.69, 9.17) is 0 Å². The van der Waals surface area contributed by atoms with Crippen LogP contribution in [0.4, 0.5) is 0 Å². The molecular weight excluding hydrogens is 318 g/mol. The zero-order valence-corrected chi connectivity index (χ0v) is 15.1. The van der Waals surface area contributed by atoms with Crippen LogP contribution in [0.25, 0.3) is 0 Å². The second-order valence-electron chi connectivity index (χ2n) is 7.00. The van der Waals surface area contributed by atoms with Crippen molar-refractivity contribution in [3.05, 3.63) is 70.8 Å². The molecular formula is C20H25NO2S. The van der Waals surface area contributed by atoms with Crippen molar-refractivity contribution >= 4 is 9.84 Å². The van der Waals surface area contributed by atoms with E-state index in [-0.39, 0.29) is 5.75 Å². The second kappa shape index (κ2) is 7.08. The van der Waals surface area contributed by atoms with Gasteiger partial charge in [-0.2, -0.15) is 0 Å². The molecule has 0 bridgehead atoms. The average Bonchev–Trinajstić information content (AvgIpc) is 2.46. The van der Waals surface area contributed by atoms with Gasteiger partial charge >= 0.3 is 0 Å². The van der Waals surface area contributed by atoms with Gasteiger partial charge in [0.15, 0.2) is 9.84 Å². The Hall–Kier alpha value is -1.65. The predicted octanol–water partition coefficient (Wildman–Crippen LogP) is 3.58. The minimum atomic E-state index is -3.01. The van der Waals surface area contributed by atoms with Crippen LogP contribution < -0.4 is 5.32 Å². The van der Waals surface area contributed by atoms with Crippen molar-refractivity contribution in [1.29, 1.82) is 0 Å². The molecule has 3 nitrogen and oxygen atoms in total. The maximum Gasteiger partial charge on any atom is 0.151 e. The summed E-state index contributed by atoms with van der Waals surface area (Å²) in [5.74, 6) is 0.759. The summed E-state index contributed by atoms with van der Waals surface area (Å²) in [4.78, 5) is 0. The molecule has 4 heteroatoms. The van der Waals surface area contributed by atoms with Crippen molar-refractivity contribution < 1.29 is 8.42 Å². The summed E-state index contributed by atoms with van der Waals surface area (Å²) in [6.07, 6.45) is 3.59. The lowest BCUT2D eigenvalue weighted by atomic mass is 9.75. The van der Waals surface area contributed by atoms with Gasteiger partial charge in [0.05, 0.1) is 5.75 Å². The number of sulfone groups is 1. The van der Waals surface area contributed by atoms with E-state index in [1.54, 1.807) is 0 Å². The van der Waals surface area contributed by atoms with E-state index < -0.39 is 9.84 Å². The lowest BCUT2D eigenvalue weighted by Crippen LogP contribution is -2.39. The first-order valence-corrected chi connectivity index (χ1v) is 10.5. The van der Waals surface area contributed by atoms with Crippen LogP contribution in [0.3, 0.4) is 0 Å². The molecule has 1 saturated carbocycles. The summed E-state index contributed by atoms with van der Waals surface area (Å²) in [7, 11) is -3.01. The van der Waals surface area contributed by atoms with E-state index in [0.717, 1.165) is 30.5 Å². The molecule has 0 atom stereocenters. The molecule has 0 aliphatic heterocycles. The van der Waals surface area contributed by atoms with Gasteiger partial charge in [-0.25, -0.2) is 8.42 Å². The summed E-state index contributed by atoms with van der Waals surface area (Å²) in [6.45, 7) is 2.87. The zero-order chi connectivity index (χ0) is 17.2. The number of aryl methyl sites for hydroxylation is 1.